The number of hydrogen-bond donors (Lipinski definition) is 0. The smallest absolute Gasteiger partial charge is 0.124 e. The van der Waals surface area contributed by atoms with E-state index in [-0.39, 0.29) is 0 Å². The maximum atomic E-state index is 4.31. The molecule has 0 spiro atoms. The van der Waals surface area contributed by atoms with Crippen LogP contribution in [0.15, 0.2) is 36.0 Å². The van der Waals surface area contributed by atoms with E-state index in [2.05, 4.69) is 26.8 Å². The van der Waals surface area contributed by atoms with Gasteiger partial charge in [-0.25, -0.2) is 4.98 Å². The molecule has 0 saturated carbocycles. The number of hydrogen-bond acceptors (Lipinski definition) is 4. The standard InChI is InChI=1S/C14H9N3S/c1-10-17-12(9-18-10)4-2-11-3-5-13-14(8-11)16-7-6-15-13/h3,5-9H,1H3. The van der Waals surface area contributed by atoms with E-state index in [1.807, 2.05) is 30.5 Å². The van der Waals surface area contributed by atoms with Gasteiger partial charge in [-0.1, -0.05) is 5.92 Å². The van der Waals surface area contributed by atoms with Gasteiger partial charge in [-0.15, -0.1) is 11.3 Å². The van der Waals surface area contributed by atoms with Gasteiger partial charge in [0.2, 0.25) is 0 Å². The largest absolute Gasteiger partial charge is 0.253 e. The van der Waals surface area contributed by atoms with Crippen molar-refractivity contribution < 1.29 is 0 Å². The molecule has 2 aromatic heterocycles. The molecular weight excluding hydrogens is 242 g/mol. The second-order valence-corrected chi connectivity index (χ2v) is 4.82. The number of rotatable bonds is 0. The van der Waals surface area contributed by atoms with Gasteiger partial charge in [-0.2, -0.15) is 0 Å². The summed E-state index contributed by atoms with van der Waals surface area (Å²) in [6.07, 6.45) is 3.37. The van der Waals surface area contributed by atoms with Gasteiger partial charge in [0, 0.05) is 23.3 Å². The summed E-state index contributed by atoms with van der Waals surface area (Å²) < 4.78 is 0. The highest BCUT2D eigenvalue weighted by atomic mass is 32.1. The lowest BCUT2D eigenvalue weighted by Gasteiger charge is -1.95. The van der Waals surface area contributed by atoms with Crippen molar-refractivity contribution in [2.24, 2.45) is 0 Å². The summed E-state index contributed by atoms with van der Waals surface area (Å²) in [4.78, 5) is 12.8. The van der Waals surface area contributed by atoms with E-state index in [1.165, 1.54) is 0 Å². The normalized spacial score (nSPS) is 10.1. The molecule has 0 radical (unpaired) electrons. The molecule has 0 atom stereocenters. The van der Waals surface area contributed by atoms with Crippen LogP contribution in [-0.4, -0.2) is 15.0 Å². The third kappa shape index (κ3) is 2.22. The fourth-order valence-electron chi connectivity index (χ4n) is 1.60. The Bertz CT molecular complexity index is 765. The molecular formula is C14H9N3S. The Morgan fingerprint density at radius 1 is 1.06 bits per heavy atom. The van der Waals surface area contributed by atoms with Crippen LogP contribution in [0.2, 0.25) is 0 Å². The summed E-state index contributed by atoms with van der Waals surface area (Å²) in [6, 6.07) is 5.82. The second-order valence-electron chi connectivity index (χ2n) is 3.76. The minimum Gasteiger partial charge on any atom is -0.253 e. The van der Waals surface area contributed by atoms with Crippen molar-refractivity contribution in [3.8, 4) is 11.8 Å². The first-order valence-corrected chi connectivity index (χ1v) is 6.34. The summed E-state index contributed by atoms with van der Waals surface area (Å²) in [5.41, 5.74) is 3.48. The van der Waals surface area contributed by atoms with Crippen molar-refractivity contribution >= 4 is 22.4 Å². The minimum absolute atomic E-state index is 0.816. The summed E-state index contributed by atoms with van der Waals surface area (Å²) in [6.45, 7) is 1.97. The number of benzene rings is 1. The Labute approximate surface area is 109 Å². The van der Waals surface area contributed by atoms with Gasteiger partial charge in [0.05, 0.1) is 16.0 Å². The van der Waals surface area contributed by atoms with E-state index in [1.54, 1.807) is 23.7 Å². The first-order chi connectivity index (χ1) is 8.81. The highest BCUT2D eigenvalue weighted by Crippen LogP contribution is 2.10. The molecule has 0 N–H and O–H groups in total. The maximum absolute atomic E-state index is 4.31. The van der Waals surface area contributed by atoms with Gasteiger partial charge in [0.25, 0.3) is 0 Å². The molecule has 2 heterocycles. The Morgan fingerprint density at radius 3 is 2.67 bits per heavy atom. The Morgan fingerprint density at radius 2 is 1.89 bits per heavy atom. The van der Waals surface area contributed by atoms with Crippen LogP contribution >= 0.6 is 11.3 Å². The zero-order valence-corrected chi connectivity index (χ0v) is 10.5. The van der Waals surface area contributed by atoms with Crippen molar-refractivity contribution in [3.05, 3.63) is 52.2 Å². The van der Waals surface area contributed by atoms with Gasteiger partial charge in [0.15, 0.2) is 0 Å². The van der Waals surface area contributed by atoms with Gasteiger partial charge in [0.1, 0.15) is 5.69 Å². The molecule has 86 valence electrons. The Kier molecular flexibility index (Phi) is 2.75. The van der Waals surface area contributed by atoms with Crippen molar-refractivity contribution in [2.45, 2.75) is 6.92 Å². The maximum Gasteiger partial charge on any atom is 0.124 e. The van der Waals surface area contributed by atoms with Crippen LogP contribution in [0.25, 0.3) is 11.0 Å². The molecule has 0 aliphatic carbocycles. The molecule has 18 heavy (non-hydrogen) atoms. The molecule has 0 fully saturated rings. The van der Waals surface area contributed by atoms with Crippen molar-refractivity contribution in [1.82, 2.24) is 15.0 Å². The summed E-state index contributed by atoms with van der Waals surface area (Å²) in [5, 5.41) is 2.99. The predicted octanol–water partition coefficient (Wildman–Crippen LogP) is 2.79. The molecule has 3 rings (SSSR count). The van der Waals surface area contributed by atoms with E-state index in [4.69, 9.17) is 0 Å². The van der Waals surface area contributed by atoms with Crippen LogP contribution in [0.3, 0.4) is 0 Å². The lowest BCUT2D eigenvalue weighted by molar-refractivity contribution is 1.27. The first kappa shape index (κ1) is 10.9. The summed E-state index contributed by atoms with van der Waals surface area (Å²) in [5.74, 6) is 6.14. The number of nitrogens with zero attached hydrogens (tertiary/aromatic N) is 3. The molecule has 1 aromatic carbocycles. The van der Waals surface area contributed by atoms with E-state index in [0.29, 0.717) is 0 Å². The topological polar surface area (TPSA) is 38.7 Å². The second kappa shape index (κ2) is 4.55. The number of thiazole rings is 1. The van der Waals surface area contributed by atoms with Crippen LogP contribution in [0.1, 0.15) is 16.3 Å². The summed E-state index contributed by atoms with van der Waals surface area (Å²) in [7, 11) is 0. The van der Waals surface area contributed by atoms with Crippen LogP contribution < -0.4 is 0 Å². The molecule has 3 nitrogen and oxygen atoms in total. The molecule has 0 bridgehead atoms. The first-order valence-electron chi connectivity index (χ1n) is 5.46. The third-order valence-corrected chi connectivity index (χ3v) is 3.20. The Hall–Kier alpha value is -2.25. The fourth-order valence-corrected chi connectivity index (χ4v) is 2.14. The molecule has 0 saturated heterocycles. The SMILES string of the molecule is Cc1nc(C#Cc2ccc3nccnc3c2)cs1. The van der Waals surface area contributed by atoms with E-state index in [9.17, 15) is 0 Å². The van der Waals surface area contributed by atoms with Crippen molar-refractivity contribution in [2.75, 3.05) is 0 Å². The average Bonchev–Trinajstić information content (AvgIpc) is 2.82. The van der Waals surface area contributed by atoms with E-state index in [0.717, 1.165) is 27.3 Å². The van der Waals surface area contributed by atoms with Crippen molar-refractivity contribution in [1.29, 1.82) is 0 Å². The van der Waals surface area contributed by atoms with E-state index < -0.39 is 0 Å². The monoisotopic (exact) mass is 251 g/mol. The van der Waals surface area contributed by atoms with Crippen LogP contribution in [0.5, 0.6) is 0 Å². The van der Waals surface area contributed by atoms with Crippen molar-refractivity contribution in [3.63, 3.8) is 0 Å². The predicted molar refractivity (Wildman–Crippen MR) is 72.4 cm³/mol. The summed E-state index contributed by atoms with van der Waals surface area (Å²) >= 11 is 1.61. The zero-order chi connectivity index (χ0) is 12.4. The molecule has 0 unspecified atom stereocenters. The van der Waals surface area contributed by atoms with Gasteiger partial charge in [-0.3, -0.25) is 9.97 Å². The highest BCUT2D eigenvalue weighted by molar-refractivity contribution is 7.09. The molecule has 4 heteroatoms. The third-order valence-electron chi connectivity index (χ3n) is 2.42. The quantitative estimate of drug-likeness (QED) is 0.577. The molecule has 0 aliphatic heterocycles. The Balaban J connectivity index is 1.98. The van der Waals surface area contributed by atoms with Gasteiger partial charge in [-0.05, 0) is 31.0 Å². The number of fused-ring (bicyclic) bond motifs is 1. The van der Waals surface area contributed by atoms with E-state index >= 15 is 0 Å². The van der Waals surface area contributed by atoms with Crippen LogP contribution in [0, 0.1) is 18.8 Å². The number of aromatic nitrogens is 3. The lowest BCUT2D eigenvalue weighted by Crippen LogP contribution is -1.83. The van der Waals surface area contributed by atoms with Gasteiger partial charge < -0.3 is 0 Å². The molecule has 0 amide bonds. The molecule has 3 aromatic rings. The zero-order valence-electron chi connectivity index (χ0n) is 9.71. The van der Waals surface area contributed by atoms with Gasteiger partial charge >= 0.3 is 0 Å². The van der Waals surface area contributed by atoms with Crippen LogP contribution in [0.4, 0.5) is 0 Å². The minimum atomic E-state index is 0.816. The average molecular weight is 251 g/mol. The molecule has 0 aliphatic rings. The highest BCUT2D eigenvalue weighted by Gasteiger charge is 1.96. The number of aryl methyl sites for hydroxylation is 1. The van der Waals surface area contributed by atoms with Crippen LogP contribution in [-0.2, 0) is 0 Å². The lowest BCUT2D eigenvalue weighted by atomic mass is 10.2. The fraction of sp³-hybridized carbons (Fsp3) is 0.0714.